The molecule has 0 aromatic heterocycles. The van der Waals surface area contributed by atoms with Crippen LogP contribution in [0.25, 0.3) is 0 Å². The van der Waals surface area contributed by atoms with E-state index in [4.69, 9.17) is 9.84 Å². The first-order chi connectivity index (χ1) is 5.86. The van der Waals surface area contributed by atoms with Crippen molar-refractivity contribution in [3.05, 3.63) is 23.5 Å². The Morgan fingerprint density at radius 3 is 2.00 bits per heavy atom. The van der Waals surface area contributed by atoms with Crippen LogP contribution in [-0.2, 0) is 14.3 Å². The lowest BCUT2D eigenvalue weighted by atomic mass is 10.2. The van der Waals surface area contributed by atoms with Crippen LogP contribution < -0.4 is 0 Å². The van der Waals surface area contributed by atoms with Gasteiger partial charge >= 0.3 is 11.9 Å². The van der Waals surface area contributed by atoms with Crippen LogP contribution in [0.1, 0.15) is 20.8 Å². The minimum absolute atomic E-state index is 0.00889. The molecule has 0 saturated heterocycles. The third-order valence-corrected chi connectivity index (χ3v) is 1.44. The van der Waals surface area contributed by atoms with Crippen molar-refractivity contribution in [1.82, 2.24) is 0 Å². The van der Waals surface area contributed by atoms with Crippen LogP contribution in [0.4, 0.5) is 0 Å². The summed E-state index contributed by atoms with van der Waals surface area (Å²) in [5.74, 6) is -1.63. The second kappa shape index (κ2) is 4.45. The van der Waals surface area contributed by atoms with E-state index in [0.717, 1.165) is 0 Å². The summed E-state index contributed by atoms with van der Waals surface area (Å²) in [6.45, 7) is 7.64. The van der Waals surface area contributed by atoms with Crippen molar-refractivity contribution in [1.29, 1.82) is 0 Å². The van der Waals surface area contributed by atoms with Gasteiger partial charge in [0.15, 0.2) is 0 Å². The Bertz CT molecular complexity index is 286. The van der Waals surface area contributed by atoms with E-state index in [1.54, 1.807) is 0 Å². The highest BCUT2D eigenvalue weighted by atomic mass is 16.5. The van der Waals surface area contributed by atoms with Crippen LogP contribution in [-0.4, -0.2) is 17.0 Å². The van der Waals surface area contributed by atoms with Crippen molar-refractivity contribution in [2.45, 2.75) is 20.8 Å². The molecule has 0 aromatic carbocycles. The minimum atomic E-state index is -1.10. The molecule has 0 aliphatic carbocycles. The summed E-state index contributed by atoms with van der Waals surface area (Å²) >= 11 is 0. The molecular formula is C9H12O4. The predicted octanol–water partition coefficient (Wildman–Crippen LogP) is 1.48. The van der Waals surface area contributed by atoms with Gasteiger partial charge in [0.2, 0.25) is 0 Å². The van der Waals surface area contributed by atoms with Crippen LogP contribution in [0.15, 0.2) is 23.5 Å². The molecule has 0 atom stereocenters. The second-order valence-electron chi connectivity index (χ2n) is 2.66. The molecule has 4 nitrogen and oxygen atoms in total. The fraction of sp³-hybridized carbons (Fsp3) is 0.333. The summed E-state index contributed by atoms with van der Waals surface area (Å²) in [6.07, 6.45) is 0. The topological polar surface area (TPSA) is 63.6 Å². The lowest BCUT2D eigenvalue weighted by Crippen LogP contribution is -2.08. The largest absolute Gasteiger partial charge is 0.478 e. The predicted molar refractivity (Wildman–Crippen MR) is 46.9 cm³/mol. The van der Waals surface area contributed by atoms with E-state index in [1.165, 1.54) is 20.8 Å². The third kappa shape index (κ3) is 3.55. The lowest BCUT2D eigenvalue weighted by Gasteiger charge is -2.05. The number of carbonyl (C=O) groups excluding carboxylic acids is 1. The smallest absolute Gasteiger partial charge is 0.338 e. The van der Waals surface area contributed by atoms with Crippen LogP contribution in [0, 0.1) is 0 Å². The number of aliphatic carboxylic acids is 1. The Balaban J connectivity index is 4.55. The number of esters is 1. The number of carbonyl (C=O) groups is 2. The molecule has 0 heterocycles. The summed E-state index contributed by atoms with van der Waals surface area (Å²) in [5.41, 5.74) is 0.243. The van der Waals surface area contributed by atoms with Gasteiger partial charge in [0, 0.05) is 5.57 Å². The molecule has 0 unspecified atom stereocenters. The minimum Gasteiger partial charge on any atom is -0.478 e. The zero-order valence-corrected chi connectivity index (χ0v) is 7.88. The zero-order valence-electron chi connectivity index (χ0n) is 7.88. The van der Waals surface area contributed by atoms with Gasteiger partial charge < -0.3 is 9.84 Å². The molecule has 0 saturated carbocycles. The Labute approximate surface area is 76.5 Å². The molecule has 0 radical (unpaired) electrons. The first-order valence-electron chi connectivity index (χ1n) is 3.64. The Morgan fingerprint density at radius 1 is 1.23 bits per heavy atom. The number of carboxylic acid groups (broad SMARTS) is 1. The van der Waals surface area contributed by atoms with Gasteiger partial charge in [-0.1, -0.05) is 6.58 Å². The van der Waals surface area contributed by atoms with Gasteiger partial charge in [-0.15, -0.1) is 0 Å². The molecule has 0 bridgehead atoms. The average Bonchev–Trinajstić information content (AvgIpc) is 2.02. The Hall–Kier alpha value is -1.58. The number of hydrogen-bond donors (Lipinski definition) is 1. The molecular weight excluding hydrogens is 172 g/mol. The van der Waals surface area contributed by atoms with Crippen molar-refractivity contribution in [3.8, 4) is 0 Å². The molecule has 0 amide bonds. The highest BCUT2D eigenvalue weighted by Gasteiger charge is 2.10. The molecule has 0 fully saturated rings. The van der Waals surface area contributed by atoms with E-state index in [1.807, 2.05) is 0 Å². The van der Waals surface area contributed by atoms with Crippen molar-refractivity contribution >= 4 is 11.9 Å². The molecule has 0 aromatic rings. The maximum absolute atomic E-state index is 10.9. The molecule has 0 spiro atoms. The summed E-state index contributed by atoms with van der Waals surface area (Å²) in [4.78, 5) is 21.4. The maximum Gasteiger partial charge on any atom is 0.338 e. The van der Waals surface area contributed by atoms with Crippen molar-refractivity contribution in [2.75, 3.05) is 0 Å². The SMILES string of the molecule is C=C(C)C(=O)O/C(C)=C(/C)C(=O)O. The molecule has 1 N–H and O–H groups in total. The zero-order chi connectivity index (χ0) is 10.6. The van der Waals surface area contributed by atoms with Crippen molar-refractivity contribution < 1.29 is 19.4 Å². The molecule has 72 valence electrons. The number of ether oxygens (including phenoxy) is 1. The van der Waals surface area contributed by atoms with Gasteiger partial charge in [0.25, 0.3) is 0 Å². The molecule has 0 aliphatic rings. The number of allylic oxidation sites excluding steroid dienone is 1. The van der Waals surface area contributed by atoms with Crippen LogP contribution in [0.3, 0.4) is 0 Å². The monoisotopic (exact) mass is 184 g/mol. The first kappa shape index (κ1) is 11.4. The number of rotatable bonds is 3. The fourth-order valence-electron chi connectivity index (χ4n) is 0.453. The van der Waals surface area contributed by atoms with E-state index in [9.17, 15) is 9.59 Å². The van der Waals surface area contributed by atoms with Gasteiger partial charge in [-0.3, -0.25) is 0 Å². The van der Waals surface area contributed by atoms with E-state index < -0.39 is 11.9 Å². The Morgan fingerprint density at radius 2 is 1.69 bits per heavy atom. The highest BCUT2D eigenvalue weighted by Crippen LogP contribution is 2.07. The van der Waals surface area contributed by atoms with E-state index >= 15 is 0 Å². The van der Waals surface area contributed by atoms with Gasteiger partial charge in [-0.2, -0.15) is 0 Å². The van der Waals surface area contributed by atoms with Crippen LogP contribution in [0.2, 0.25) is 0 Å². The van der Waals surface area contributed by atoms with Gasteiger partial charge in [-0.25, -0.2) is 9.59 Å². The molecule has 0 aliphatic heterocycles. The summed E-state index contributed by atoms with van der Waals surface area (Å²) in [5, 5.41) is 8.53. The van der Waals surface area contributed by atoms with Crippen molar-refractivity contribution in [3.63, 3.8) is 0 Å². The highest BCUT2D eigenvalue weighted by molar-refractivity contribution is 5.90. The number of hydrogen-bond acceptors (Lipinski definition) is 3. The van der Waals surface area contributed by atoms with Gasteiger partial charge in [0.05, 0.1) is 5.57 Å². The molecule has 13 heavy (non-hydrogen) atoms. The summed E-state index contributed by atoms with van der Waals surface area (Å²) < 4.78 is 4.70. The van der Waals surface area contributed by atoms with E-state index in [2.05, 4.69) is 6.58 Å². The maximum atomic E-state index is 10.9. The quantitative estimate of drug-likeness (QED) is 0.410. The van der Waals surface area contributed by atoms with Crippen LogP contribution in [0.5, 0.6) is 0 Å². The van der Waals surface area contributed by atoms with Crippen LogP contribution >= 0.6 is 0 Å². The summed E-state index contributed by atoms with van der Waals surface area (Å²) in [7, 11) is 0. The van der Waals surface area contributed by atoms with E-state index in [-0.39, 0.29) is 16.9 Å². The lowest BCUT2D eigenvalue weighted by molar-refractivity contribution is -0.135. The van der Waals surface area contributed by atoms with Crippen molar-refractivity contribution in [2.24, 2.45) is 0 Å². The van der Waals surface area contributed by atoms with E-state index in [0.29, 0.717) is 0 Å². The Kier molecular flexibility index (Phi) is 3.91. The summed E-state index contributed by atoms with van der Waals surface area (Å²) in [6, 6.07) is 0. The fourth-order valence-corrected chi connectivity index (χ4v) is 0.453. The standard InChI is InChI=1S/C9H12O4/c1-5(2)9(12)13-7(4)6(3)8(10)11/h1H2,2-4H3,(H,10,11)/b7-6-. The third-order valence-electron chi connectivity index (χ3n) is 1.44. The molecule has 4 heteroatoms. The molecule has 0 rings (SSSR count). The second-order valence-corrected chi connectivity index (χ2v) is 2.66. The van der Waals surface area contributed by atoms with Gasteiger partial charge in [0.1, 0.15) is 5.76 Å². The normalized spacial score (nSPS) is 11.6. The first-order valence-corrected chi connectivity index (χ1v) is 3.64. The van der Waals surface area contributed by atoms with Gasteiger partial charge in [-0.05, 0) is 20.8 Å². The average molecular weight is 184 g/mol. The number of carboxylic acids is 1.